The molecular formula is C16H14ClN3O4. The quantitative estimate of drug-likeness (QED) is 0.721. The number of benzene rings is 1. The Bertz CT molecular complexity index is 831. The van der Waals surface area contributed by atoms with Gasteiger partial charge in [-0.2, -0.15) is 5.10 Å². The van der Waals surface area contributed by atoms with Crippen molar-refractivity contribution in [1.82, 2.24) is 10.2 Å². The molecule has 124 valence electrons. The lowest BCUT2D eigenvalue weighted by Gasteiger charge is -2.23. The highest BCUT2D eigenvalue weighted by Gasteiger charge is 2.33. The Kier molecular flexibility index (Phi) is 4.26. The summed E-state index contributed by atoms with van der Waals surface area (Å²) in [5.74, 6) is -1.10. The molecule has 1 aromatic heterocycles. The van der Waals surface area contributed by atoms with Gasteiger partial charge in [0.2, 0.25) is 5.91 Å². The van der Waals surface area contributed by atoms with Gasteiger partial charge in [0.1, 0.15) is 18.1 Å². The number of fused-ring (bicyclic) bond motifs is 1. The zero-order valence-corrected chi connectivity index (χ0v) is 13.3. The molecule has 0 aliphatic carbocycles. The number of hydrogen-bond acceptors (Lipinski definition) is 4. The lowest BCUT2D eigenvalue weighted by atomic mass is 9.85. The first-order valence-corrected chi connectivity index (χ1v) is 7.53. The first-order valence-electron chi connectivity index (χ1n) is 7.15. The topological polar surface area (TPSA) is 104 Å². The summed E-state index contributed by atoms with van der Waals surface area (Å²) in [6.45, 7) is 3.89. The van der Waals surface area contributed by atoms with E-state index in [-0.39, 0.29) is 23.8 Å². The first-order chi connectivity index (χ1) is 11.5. The predicted octanol–water partition coefficient (Wildman–Crippen LogP) is 2.80. The number of H-pyrrole nitrogens is 1. The fraction of sp³-hybridized carbons (Fsp3) is 0.188. The summed E-state index contributed by atoms with van der Waals surface area (Å²) < 4.78 is 5.42. The molecule has 3 N–H and O–H groups in total. The van der Waals surface area contributed by atoms with Crippen molar-refractivity contribution in [1.29, 1.82) is 0 Å². The van der Waals surface area contributed by atoms with Gasteiger partial charge >= 0.3 is 5.97 Å². The van der Waals surface area contributed by atoms with Gasteiger partial charge in [-0.25, -0.2) is 4.79 Å². The number of carbonyl (C=O) groups excluding carboxylic acids is 1. The monoisotopic (exact) mass is 347 g/mol. The summed E-state index contributed by atoms with van der Waals surface area (Å²) in [6, 6.07) is 5.12. The SMILES string of the molecule is C=CCOc1ccc(C2CC(=O)Nc3n[nH]c(C(=O)O)c32)cc1Cl. The normalized spacial score (nSPS) is 16.2. The van der Waals surface area contributed by atoms with Crippen LogP contribution in [0.1, 0.15) is 34.0 Å². The Morgan fingerprint density at radius 1 is 1.54 bits per heavy atom. The second kappa shape index (κ2) is 6.37. The van der Waals surface area contributed by atoms with Crippen molar-refractivity contribution in [3.63, 3.8) is 0 Å². The van der Waals surface area contributed by atoms with E-state index in [9.17, 15) is 14.7 Å². The van der Waals surface area contributed by atoms with Gasteiger partial charge < -0.3 is 15.2 Å². The largest absolute Gasteiger partial charge is 0.488 e. The Labute approximate surface area is 142 Å². The number of amides is 1. The summed E-state index contributed by atoms with van der Waals surface area (Å²) >= 11 is 6.22. The smallest absolute Gasteiger partial charge is 0.354 e. The fourth-order valence-corrected chi connectivity index (χ4v) is 2.95. The lowest BCUT2D eigenvalue weighted by molar-refractivity contribution is -0.116. The van der Waals surface area contributed by atoms with E-state index in [0.29, 0.717) is 28.5 Å². The molecular weight excluding hydrogens is 334 g/mol. The van der Waals surface area contributed by atoms with Gasteiger partial charge in [-0.1, -0.05) is 30.3 Å². The van der Waals surface area contributed by atoms with E-state index in [4.69, 9.17) is 16.3 Å². The van der Waals surface area contributed by atoms with Crippen LogP contribution >= 0.6 is 11.6 Å². The highest BCUT2D eigenvalue weighted by molar-refractivity contribution is 6.32. The molecule has 1 unspecified atom stereocenters. The van der Waals surface area contributed by atoms with Crippen LogP contribution in [0.5, 0.6) is 5.75 Å². The van der Waals surface area contributed by atoms with Crippen LogP contribution in [0.15, 0.2) is 30.9 Å². The van der Waals surface area contributed by atoms with E-state index in [0.717, 1.165) is 0 Å². The number of nitrogens with zero attached hydrogens (tertiary/aromatic N) is 1. The number of aromatic carboxylic acids is 1. The molecule has 1 aromatic carbocycles. The summed E-state index contributed by atoms with van der Waals surface area (Å²) in [4.78, 5) is 23.3. The number of carboxylic acid groups (broad SMARTS) is 1. The van der Waals surface area contributed by atoms with Crippen molar-refractivity contribution < 1.29 is 19.4 Å². The van der Waals surface area contributed by atoms with Crippen molar-refractivity contribution >= 4 is 29.3 Å². The molecule has 1 aliphatic heterocycles. The maximum absolute atomic E-state index is 11.9. The summed E-state index contributed by atoms with van der Waals surface area (Å²) in [7, 11) is 0. The molecule has 0 saturated carbocycles. The highest BCUT2D eigenvalue weighted by atomic mass is 35.5. The zero-order valence-electron chi connectivity index (χ0n) is 12.5. The van der Waals surface area contributed by atoms with Gasteiger partial charge in [0, 0.05) is 17.9 Å². The second-order valence-corrected chi connectivity index (χ2v) is 5.67. The van der Waals surface area contributed by atoms with Gasteiger partial charge in [0.15, 0.2) is 5.82 Å². The van der Waals surface area contributed by atoms with Crippen LogP contribution in [0, 0.1) is 0 Å². The van der Waals surface area contributed by atoms with E-state index in [2.05, 4.69) is 22.1 Å². The van der Waals surface area contributed by atoms with Gasteiger partial charge in [0.25, 0.3) is 0 Å². The maximum Gasteiger partial charge on any atom is 0.354 e. The van der Waals surface area contributed by atoms with Gasteiger partial charge in [0.05, 0.1) is 5.02 Å². The number of aromatic amines is 1. The van der Waals surface area contributed by atoms with E-state index >= 15 is 0 Å². The standard InChI is InChI=1S/C16H14ClN3O4/c1-2-5-24-11-4-3-8(6-10(11)17)9-7-12(21)18-15-13(9)14(16(22)23)19-20-15/h2-4,6,9H,1,5,7H2,(H,22,23)(H2,18,19,20,21). The Morgan fingerprint density at radius 3 is 3.00 bits per heavy atom. The van der Waals surface area contributed by atoms with Crippen LogP contribution in [0.4, 0.5) is 5.82 Å². The Morgan fingerprint density at radius 2 is 2.33 bits per heavy atom. The molecule has 0 radical (unpaired) electrons. The number of carboxylic acids is 1. The van der Waals surface area contributed by atoms with Crippen molar-refractivity contribution in [3.8, 4) is 5.75 Å². The molecule has 1 aliphatic rings. The Hall–Kier alpha value is -2.80. The molecule has 0 spiro atoms. The lowest BCUT2D eigenvalue weighted by Crippen LogP contribution is -2.24. The van der Waals surface area contributed by atoms with Gasteiger partial charge in [-0.15, -0.1) is 0 Å². The van der Waals surface area contributed by atoms with E-state index in [1.807, 2.05) is 0 Å². The van der Waals surface area contributed by atoms with Gasteiger partial charge in [-0.3, -0.25) is 9.89 Å². The molecule has 3 rings (SSSR count). The predicted molar refractivity (Wildman–Crippen MR) is 87.8 cm³/mol. The number of aromatic nitrogens is 2. The molecule has 24 heavy (non-hydrogen) atoms. The number of hydrogen-bond donors (Lipinski definition) is 3. The molecule has 1 atom stereocenters. The third kappa shape index (κ3) is 2.85. The van der Waals surface area contributed by atoms with Crippen LogP contribution in [-0.2, 0) is 4.79 Å². The third-order valence-corrected chi connectivity index (χ3v) is 4.02. The van der Waals surface area contributed by atoms with E-state index < -0.39 is 11.9 Å². The summed E-state index contributed by atoms with van der Waals surface area (Å²) in [5, 5.41) is 18.6. The van der Waals surface area contributed by atoms with Crippen molar-refractivity contribution in [2.45, 2.75) is 12.3 Å². The molecule has 2 aromatic rings. The number of ether oxygens (including phenoxy) is 1. The molecule has 0 bridgehead atoms. The first kappa shape index (κ1) is 16.1. The molecule has 1 amide bonds. The second-order valence-electron chi connectivity index (χ2n) is 5.26. The number of rotatable bonds is 5. The summed E-state index contributed by atoms with van der Waals surface area (Å²) in [6.07, 6.45) is 1.71. The van der Waals surface area contributed by atoms with Gasteiger partial charge in [-0.05, 0) is 17.7 Å². The maximum atomic E-state index is 11.9. The van der Waals surface area contributed by atoms with Crippen molar-refractivity contribution in [3.05, 3.63) is 52.7 Å². The van der Waals surface area contributed by atoms with Crippen LogP contribution in [0.3, 0.4) is 0 Å². The van der Waals surface area contributed by atoms with Crippen LogP contribution in [0.2, 0.25) is 5.02 Å². The highest BCUT2D eigenvalue weighted by Crippen LogP contribution is 2.40. The number of halogens is 1. The average Bonchev–Trinajstić information content (AvgIpc) is 2.96. The summed E-state index contributed by atoms with van der Waals surface area (Å²) in [5.41, 5.74) is 1.11. The van der Waals surface area contributed by atoms with E-state index in [1.165, 1.54) is 0 Å². The minimum absolute atomic E-state index is 0.0434. The third-order valence-electron chi connectivity index (χ3n) is 3.73. The number of carbonyl (C=O) groups is 2. The Balaban J connectivity index is 2.02. The molecule has 7 nitrogen and oxygen atoms in total. The van der Waals surface area contributed by atoms with Crippen LogP contribution < -0.4 is 10.1 Å². The van der Waals surface area contributed by atoms with Crippen molar-refractivity contribution in [2.75, 3.05) is 11.9 Å². The van der Waals surface area contributed by atoms with E-state index in [1.54, 1.807) is 24.3 Å². The molecule has 0 fully saturated rings. The van der Waals surface area contributed by atoms with Crippen molar-refractivity contribution in [2.24, 2.45) is 0 Å². The number of anilines is 1. The van der Waals surface area contributed by atoms with Crippen LogP contribution in [-0.4, -0.2) is 33.8 Å². The molecule has 8 heteroatoms. The molecule has 0 saturated heterocycles. The minimum atomic E-state index is -1.14. The fourth-order valence-electron chi connectivity index (χ4n) is 2.70. The molecule has 2 heterocycles. The zero-order chi connectivity index (χ0) is 17.3. The average molecular weight is 348 g/mol. The minimum Gasteiger partial charge on any atom is -0.488 e. The number of nitrogens with one attached hydrogen (secondary N) is 2. The van der Waals surface area contributed by atoms with Crippen LogP contribution in [0.25, 0.3) is 0 Å².